The first-order chi connectivity index (χ1) is 17.1. The first-order valence-electron chi connectivity index (χ1n) is 11.7. The average molecular weight is 531 g/mol. The number of nitrogens with zero attached hydrogens (tertiary/aromatic N) is 2. The Hall–Kier alpha value is -3.38. The number of carboxylic acids is 1. The topological polar surface area (TPSA) is 101 Å². The van der Waals surface area contributed by atoms with Crippen LogP contribution in [0.15, 0.2) is 17.1 Å². The number of aromatic carboxylic acids is 1. The number of carboxylic acid groups (broad SMARTS) is 1. The van der Waals surface area contributed by atoms with E-state index in [0.29, 0.717) is 18.9 Å². The third kappa shape index (κ3) is 5.35. The van der Waals surface area contributed by atoms with Crippen molar-refractivity contribution in [2.24, 2.45) is 11.8 Å². The van der Waals surface area contributed by atoms with Gasteiger partial charge in [-0.1, -0.05) is 0 Å². The summed E-state index contributed by atoms with van der Waals surface area (Å²) in [6.45, 7) is 3.13. The summed E-state index contributed by atoms with van der Waals surface area (Å²) in [5.41, 5.74) is -3.70. The summed E-state index contributed by atoms with van der Waals surface area (Å²) in [6, 6.07) is 0.359. The van der Waals surface area contributed by atoms with Crippen LogP contribution in [-0.2, 0) is 4.74 Å². The Morgan fingerprint density at radius 2 is 1.81 bits per heavy atom. The molecule has 1 amide bonds. The molecular formula is C24H26F5N3O5. The van der Waals surface area contributed by atoms with Crippen LogP contribution in [0.5, 0.6) is 0 Å². The fourth-order valence-corrected chi connectivity index (χ4v) is 4.67. The highest BCUT2D eigenvalue weighted by Crippen LogP contribution is 2.43. The van der Waals surface area contributed by atoms with E-state index in [4.69, 9.17) is 4.74 Å². The van der Waals surface area contributed by atoms with Crippen molar-refractivity contribution in [1.82, 2.24) is 9.88 Å². The van der Waals surface area contributed by atoms with E-state index < -0.39 is 89.0 Å². The third-order valence-corrected chi connectivity index (χ3v) is 6.44. The lowest BCUT2D eigenvalue weighted by molar-refractivity contribution is -0.178. The minimum Gasteiger partial charge on any atom is -0.477 e. The number of amides is 1. The molecule has 1 aromatic heterocycles. The molecule has 1 aliphatic carbocycles. The summed E-state index contributed by atoms with van der Waals surface area (Å²) in [7, 11) is 0. The van der Waals surface area contributed by atoms with Gasteiger partial charge in [0.25, 0.3) is 0 Å². The predicted molar refractivity (Wildman–Crippen MR) is 123 cm³/mol. The van der Waals surface area contributed by atoms with E-state index in [1.54, 1.807) is 20.8 Å². The van der Waals surface area contributed by atoms with Gasteiger partial charge in [-0.15, -0.1) is 0 Å². The van der Waals surface area contributed by atoms with Gasteiger partial charge in [-0.2, -0.15) is 13.2 Å². The van der Waals surface area contributed by atoms with Gasteiger partial charge in [-0.25, -0.2) is 18.4 Å². The molecule has 2 fully saturated rings. The molecule has 2 aliphatic rings. The number of ether oxygens (including phenoxy) is 1. The maximum Gasteiger partial charge on any atom is 0.407 e. The van der Waals surface area contributed by atoms with E-state index in [1.807, 2.05) is 0 Å². The molecule has 1 aliphatic heterocycles. The van der Waals surface area contributed by atoms with Crippen molar-refractivity contribution in [1.29, 1.82) is 0 Å². The number of hydrogen-bond acceptors (Lipinski definition) is 5. The first-order valence-corrected chi connectivity index (χ1v) is 11.7. The van der Waals surface area contributed by atoms with Crippen molar-refractivity contribution in [2.45, 2.75) is 51.4 Å². The Morgan fingerprint density at radius 3 is 2.35 bits per heavy atom. The predicted octanol–water partition coefficient (Wildman–Crippen LogP) is 4.45. The van der Waals surface area contributed by atoms with E-state index in [9.17, 15) is 32.7 Å². The normalized spacial score (nSPS) is 20.4. The van der Waals surface area contributed by atoms with Gasteiger partial charge in [0.2, 0.25) is 5.43 Å². The van der Waals surface area contributed by atoms with Gasteiger partial charge >= 0.3 is 18.2 Å². The molecule has 2 heterocycles. The Balaban J connectivity index is 1.72. The van der Waals surface area contributed by atoms with Crippen molar-refractivity contribution in [2.75, 3.05) is 24.5 Å². The number of halogens is 5. The minimum atomic E-state index is -4.72. The van der Waals surface area contributed by atoms with Crippen LogP contribution in [0.25, 0.3) is 10.9 Å². The number of aromatic nitrogens is 1. The fourth-order valence-electron chi connectivity index (χ4n) is 4.67. The van der Waals surface area contributed by atoms with Crippen molar-refractivity contribution in [3.05, 3.63) is 39.7 Å². The largest absolute Gasteiger partial charge is 0.477 e. The number of carbonyl (C=O) groups excluding carboxylic acids is 1. The second-order valence-corrected chi connectivity index (χ2v) is 10.4. The Kier molecular flexibility index (Phi) is 6.62. The summed E-state index contributed by atoms with van der Waals surface area (Å²) in [4.78, 5) is 37.0. The number of rotatable bonds is 5. The van der Waals surface area contributed by atoms with Crippen LogP contribution in [0.1, 0.15) is 50.0 Å². The van der Waals surface area contributed by atoms with Gasteiger partial charge in [-0.3, -0.25) is 4.79 Å². The smallest absolute Gasteiger partial charge is 0.407 e. The number of alkyl halides is 3. The zero-order chi connectivity index (χ0) is 27.4. The zero-order valence-corrected chi connectivity index (χ0v) is 20.3. The molecule has 202 valence electrons. The maximum absolute atomic E-state index is 15.8. The SMILES string of the molecule is CC(C)(C)OC(=O)NC[C@@H]1CN(c2c(F)cc3c(=O)c(C(=O)O)cn(C4CC4)c3c2F)C[C@H]1C(F)(F)F. The molecule has 1 saturated heterocycles. The Morgan fingerprint density at radius 1 is 1.16 bits per heavy atom. The van der Waals surface area contributed by atoms with Crippen LogP contribution < -0.4 is 15.6 Å². The number of alkyl carbamates (subject to hydrolysis) is 1. The second-order valence-electron chi connectivity index (χ2n) is 10.4. The standard InChI is InChI=1S/C24H26F5N3O5/c1-23(2,3)37-22(36)30-7-11-8-31(10-15(11)24(27,28)29)19-16(25)6-13-18(17(19)26)32(12-4-5-12)9-14(20(13)33)21(34)35/h6,9,11-12,15H,4-5,7-8,10H2,1-3H3,(H,30,36)(H,34,35)/t11-,15-/m1/s1. The van der Waals surface area contributed by atoms with E-state index in [-0.39, 0.29) is 11.6 Å². The Bertz CT molecular complexity index is 1310. The molecule has 0 bridgehead atoms. The van der Waals surface area contributed by atoms with Crippen molar-refractivity contribution in [3.63, 3.8) is 0 Å². The quantitative estimate of drug-likeness (QED) is 0.553. The minimum absolute atomic E-state index is 0.318. The third-order valence-electron chi connectivity index (χ3n) is 6.44. The number of fused-ring (bicyclic) bond motifs is 1. The highest BCUT2D eigenvalue weighted by Gasteiger charge is 2.50. The molecule has 2 aromatic rings. The molecule has 1 aromatic carbocycles. The lowest BCUT2D eigenvalue weighted by Gasteiger charge is -2.23. The van der Waals surface area contributed by atoms with Crippen LogP contribution in [-0.4, -0.2) is 53.1 Å². The molecule has 37 heavy (non-hydrogen) atoms. The summed E-state index contributed by atoms with van der Waals surface area (Å²) >= 11 is 0. The number of carbonyl (C=O) groups is 2. The average Bonchev–Trinajstić information content (AvgIpc) is 3.50. The van der Waals surface area contributed by atoms with Gasteiger partial charge in [0, 0.05) is 37.8 Å². The monoisotopic (exact) mass is 531 g/mol. The maximum atomic E-state index is 15.8. The van der Waals surface area contributed by atoms with Gasteiger partial charge in [-0.05, 0) is 39.7 Å². The molecule has 4 rings (SSSR count). The number of nitrogens with one attached hydrogen (secondary N) is 1. The number of pyridine rings is 1. The van der Waals surface area contributed by atoms with Crippen LogP contribution >= 0.6 is 0 Å². The van der Waals surface area contributed by atoms with Crippen LogP contribution in [0.4, 0.5) is 32.4 Å². The molecule has 13 heteroatoms. The van der Waals surface area contributed by atoms with Crippen molar-refractivity contribution >= 4 is 28.7 Å². The van der Waals surface area contributed by atoms with Crippen LogP contribution in [0.3, 0.4) is 0 Å². The zero-order valence-electron chi connectivity index (χ0n) is 20.3. The first kappa shape index (κ1) is 26.7. The molecular weight excluding hydrogens is 505 g/mol. The van der Waals surface area contributed by atoms with Crippen molar-refractivity contribution < 1.29 is 41.4 Å². The van der Waals surface area contributed by atoms with Crippen LogP contribution in [0.2, 0.25) is 0 Å². The lowest BCUT2D eigenvalue weighted by Crippen LogP contribution is -2.39. The van der Waals surface area contributed by atoms with Gasteiger partial charge in [0.15, 0.2) is 5.82 Å². The summed E-state index contributed by atoms with van der Waals surface area (Å²) in [5, 5.41) is 11.1. The molecule has 8 nitrogen and oxygen atoms in total. The number of anilines is 1. The molecule has 0 spiro atoms. The second kappa shape index (κ2) is 9.18. The molecule has 0 radical (unpaired) electrons. The highest BCUT2D eigenvalue weighted by atomic mass is 19.4. The van der Waals surface area contributed by atoms with Crippen molar-refractivity contribution in [3.8, 4) is 0 Å². The number of benzene rings is 1. The van der Waals surface area contributed by atoms with Crippen LogP contribution in [0, 0.1) is 23.5 Å². The fraction of sp³-hybridized carbons (Fsp3) is 0.542. The van der Waals surface area contributed by atoms with E-state index in [1.165, 1.54) is 4.57 Å². The molecule has 0 unspecified atom stereocenters. The summed E-state index contributed by atoms with van der Waals surface area (Å²) < 4.78 is 78.9. The molecule has 1 saturated carbocycles. The Labute approximate surface area is 208 Å². The molecule has 2 N–H and O–H groups in total. The van der Waals surface area contributed by atoms with E-state index in [2.05, 4.69) is 5.32 Å². The van der Waals surface area contributed by atoms with E-state index >= 15 is 8.78 Å². The summed E-state index contributed by atoms with van der Waals surface area (Å²) in [6.07, 6.45) is -3.50. The number of hydrogen-bond donors (Lipinski definition) is 2. The van der Waals surface area contributed by atoms with Gasteiger partial charge < -0.3 is 24.6 Å². The lowest BCUT2D eigenvalue weighted by atomic mass is 9.95. The van der Waals surface area contributed by atoms with Gasteiger partial charge in [0.1, 0.15) is 22.7 Å². The molecule has 2 atom stereocenters. The van der Waals surface area contributed by atoms with E-state index in [0.717, 1.165) is 11.1 Å². The highest BCUT2D eigenvalue weighted by molar-refractivity contribution is 5.94. The summed E-state index contributed by atoms with van der Waals surface area (Å²) in [5.74, 6) is -7.32. The van der Waals surface area contributed by atoms with Gasteiger partial charge in [0.05, 0.1) is 16.8 Å².